The molecule has 1 amide bonds. The highest BCUT2D eigenvalue weighted by molar-refractivity contribution is 5.92. The summed E-state index contributed by atoms with van der Waals surface area (Å²) in [5, 5.41) is 3.05. The number of aliphatic imine (C=N–C) groups is 1. The van der Waals surface area contributed by atoms with E-state index in [1.54, 1.807) is 7.11 Å². The molecule has 1 aliphatic heterocycles. The highest BCUT2D eigenvalue weighted by Crippen LogP contribution is 2.38. The summed E-state index contributed by atoms with van der Waals surface area (Å²) in [5.41, 5.74) is 8.58. The molecule has 7 nitrogen and oxygen atoms in total. The van der Waals surface area contributed by atoms with E-state index in [0.29, 0.717) is 35.1 Å². The van der Waals surface area contributed by atoms with Crippen LogP contribution in [0.4, 0.5) is 17.2 Å². The first-order chi connectivity index (χ1) is 16.6. The topological polar surface area (TPSA) is 102 Å². The van der Waals surface area contributed by atoms with Crippen LogP contribution in [0.3, 0.4) is 0 Å². The number of aryl methyl sites for hydroxylation is 1. The fourth-order valence-electron chi connectivity index (χ4n) is 4.95. The van der Waals surface area contributed by atoms with Crippen molar-refractivity contribution in [3.8, 4) is 17.6 Å². The van der Waals surface area contributed by atoms with Crippen molar-refractivity contribution in [2.45, 2.75) is 51.4 Å². The molecule has 0 bridgehead atoms. The molecule has 3 aliphatic rings. The van der Waals surface area contributed by atoms with Gasteiger partial charge < -0.3 is 15.8 Å². The van der Waals surface area contributed by atoms with Crippen molar-refractivity contribution < 1.29 is 9.53 Å². The Morgan fingerprint density at radius 3 is 2.71 bits per heavy atom. The number of nitrogens with two attached hydrogens (primary N) is 1. The van der Waals surface area contributed by atoms with E-state index >= 15 is 0 Å². The van der Waals surface area contributed by atoms with Gasteiger partial charge in [-0.1, -0.05) is 12.0 Å². The molecule has 5 rings (SSSR count). The summed E-state index contributed by atoms with van der Waals surface area (Å²) in [5.74, 6) is 9.47. The van der Waals surface area contributed by atoms with Crippen LogP contribution in [0.2, 0.25) is 0 Å². The Morgan fingerprint density at radius 1 is 1.12 bits per heavy atom. The van der Waals surface area contributed by atoms with Gasteiger partial charge in [-0.15, -0.1) is 0 Å². The molecule has 3 N–H and O–H groups in total. The lowest BCUT2D eigenvalue weighted by Gasteiger charge is -2.31. The van der Waals surface area contributed by atoms with E-state index < -0.39 is 0 Å². The SMILES string of the molecule is COc1cccc(NC(=O)C2CCC(C3C=Nc4c(N)nc(C#CC5CC5)nc4CC3)CC2)c1. The van der Waals surface area contributed by atoms with E-state index in [0.717, 1.165) is 55.7 Å². The molecule has 1 aromatic carbocycles. The van der Waals surface area contributed by atoms with Crippen molar-refractivity contribution in [2.75, 3.05) is 18.2 Å². The van der Waals surface area contributed by atoms with E-state index in [4.69, 9.17) is 15.5 Å². The quantitative estimate of drug-likeness (QED) is 0.656. The molecule has 7 heteroatoms. The number of rotatable bonds is 4. The van der Waals surface area contributed by atoms with Gasteiger partial charge >= 0.3 is 0 Å². The molecule has 1 aromatic heterocycles. The molecule has 2 heterocycles. The van der Waals surface area contributed by atoms with Crippen molar-refractivity contribution in [3.05, 3.63) is 35.8 Å². The summed E-state index contributed by atoms with van der Waals surface area (Å²) < 4.78 is 5.25. The van der Waals surface area contributed by atoms with E-state index in [1.807, 2.05) is 30.5 Å². The zero-order valence-electron chi connectivity index (χ0n) is 19.6. The third-order valence-electron chi connectivity index (χ3n) is 7.14. The summed E-state index contributed by atoms with van der Waals surface area (Å²) in [6.07, 6.45) is 10.00. The number of amides is 1. The Balaban J connectivity index is 1.17. The van der Waals surface area contributed by atoms with Gasteiger partial charge in [0.15, 0.2) is 5.82 Å². The monoisotopic (exact) mass is 457 g/mol. The lowest BCUT2D eigenvalue weighted by Crippen LogP contribution is -2.30. The van der Waals surface area contributed by atoms with E-state index in [1.165, 1.54) is 12.8 Å². The molecule has 2 saturated carbocycles. The number of carbonyl (C=O) groups is 1. The fourth-order valence-corrected chi connectivity index (χ4v) is 4.95. The van der Waals surface area contributed by atoms with Crippen LogP contribution >= 0.6 is 0 Å². The maximum Gasteiger partial charge on any atom is 0.227 e. The summed E-state index contributed by atoms with van der Waals surface area (Å²) >= 11 is 0. The molecule has 1 unspecified atom stereocenters. The molecule has 0 saturated heterocycles. The number of aromatic nitrogens is 2. The molecule has 2 aromatic rings. The van der Waals surface area contributed by atoms with Crippen LogP contribution in [0, 0.1) is 35.5 Å². The Labute approximate surface area is 200 Å². The third kappa shape index (κ3) is 5.22. The highest BCUT2D eigenvalue weighted by atomic mass is 16.5. The van der Waals surface area contributed by atoms with Crippen LogP contribution in [0.1, 0.15) is 56.5 Å². The standard InChI is InChI=1S/C27H31N5O2/c1-34-22-4-2-3-21(15-22)30-27(33)19-10-8-18(9-11-19)20-12-13-23-25(29-16-20)26(28)32-24(31-23)14-7-17-5-6-17/h2-4,15-20H,5-6,8-13H2,1H3,(H,30,33)(H2,28,31,32). The highest BCUT2D eigenvalue weighted by Gasteiger charge is 2.31. The van der Waals surface area contributed by atoms with Gasteiger partial charge in [0.05, 0.1) is 12.8 Å². The van der Waals surface area contributed by atoms with E-state index in [9.17, 15) is 4.79 Å². The van der Waals surface area contributed by atoms with E-state index in [2.05, 4.69) is 27.1 Å². The molecule has 0 spiro atoms. The number of anilines is 2. The number of benzene rings is 1. The minimum absolute atomic E-state index is 0.0384. The second kappa shape index (κ2) is 9.84. The molecule has 34 heavy (non-hydrogen) atoms. The average molecular weight is 458 g/mol. The van der Waals surface area contributed by atoms with Gasteiger partial charge in [-0.3, -0.25) is 9.79 Å². The first-order valence-electron chi connectivity index (χ1n) is 12.3. The number of nitrogens with one attached hydrogen (secondary N) is 1. The summed E-state index contributed by atoms with van der Waals surface area (Å²) in [4.78, 5) is 26.5. The minimum Gasteiger partial charge on any atom is -0.497 e. The van der Waals surface area contributed by atoms with Crippen LogP contribution in [0.25, 0.3) is 0 Å². The van der Waals surface area contributed by atoms with Gasteiger partial charge in [-0.2, -0.15) is 0 Å². The first kappa shape index (κ1) is 22.4. The van der Waals surface area contributed by atoms with Gasteiger partial charge in [0.2, 0.25) is 11.7 Å². The van der Waals surface area contributed by atoms with Gasteiger partial charge in [0, 0.05) is 29.8 Å². The summed E-state index contributed by atoms with van der Waals surface area (Å²) in [6.45, 7) is 0. The number of nitrogen functional groups attached to an aromatic ring is 1. The maximum absolute atomic E-state index is 12.8. The average Bonchev–Trinajstić information content (AvgIpc) is 3.70. The van der Waals surface area contributed by atoms with Crippen molar-refractivity contribution >= 4 is 29.3 Å². The number of hydrogen-bond donors (Lipinski definition) is 2. The summed E-state index contributed by atoms with van der Waals surface area (Å²) in [6, 6.07) is 7.49. The van der Waals surface area contributed by atoms with Crippen LogP contribution < -0.4 is 15.8 Å². The Kier molecular flexibility index (Phi) is 6.48. The predicted molar refractivity (Wildman–Crippen MR) is 133 cm³/mol. The smallest absolute Gasteiger partial charge is 0.227 e. The van der Waals surface area contributed by atoms with Crippen LogP contribution in [0.5, 0.6) is 5.75 Å². The number of nitrogens with zero attached hydrogens (tertiary/aromatic N) is 3. The minimum atomic E-state index is 0.0384. The molecule has 2 fully saturated rings. The predicted octanol–water partition coefficient (Wildman–Crippen LogP) is 4.54. The molecule has 176 valence electrons. The molecule has 2 aliphatic carbocycles. The lowest BCUT2D eigenvalue weighted by molar-refractivity contribution is -0.121. The molecular formula is C27H31N5O2. The van der Waals surface area contributed by atoms with Gasteiger partial charge in [-0.05, 0) is 81.3 Å². The number of carbonyl (C=O) groups excluding carboxylic acids is 1. The largest absolute Gasteiger partial charge is 0.497 e. The molecular weight excluding hydrogens is 426 g/mol. The molecule has 0 radical (unpaired) electrons. The number of ether oxygens (including phenoxy) is 1. The Morgan fingerprint density at radius 2 is 1.94 bits per heavy atom. The second-order valence-electron chi connectivity index (χ2n) is 9.58. The van der Waals surface area contributed by atoms with Crippen molar-refractivity contribution in [1.82, 2.24) is 9.97 Å². The zero-order valence-corrected chi connectivity index (χ0v) is 19.6. The number of methoxy groups -OCH3 is 1. The van der Waals surface area contributed by atoms with Crippen molar-refractivity contribution in [3.63, 3.8) is 0 Å². The van der Waals surface area contributed by atoms with E-state index in [-0.39, 0.29) is 11.8 Å². The second-order valence-corrected chi connectivity index (χ2v) is 9.58. The van der Waals surface area contributed by atoms with Crippen molar-refractivity contribution in [1.29, 1.82) is 0 Å². The fraction of sp³-hybridized carbons (Fsp3) is 0.481. The molecule has 1 atom stereocenters. The van der Waals surface area contributed by atoms with Crippen LogP contribution in [-0.2, 0) is 11.2 Å². The van der Waals surface area contributed by atoms with Gasteiger partial charge in [-0.25, -0.2) is 9.97 Å². The van der Waals surface area contributed by atoms with Crippen molar-refractivity contribution in [2.24, 2.45) is 28.7 Å². The van der Waals surface area contributed by atoms with Gasteiger partial charge in [0.25, 0.3) is 0 Å². The third-order valence-corrected chi connectivity index (χ3v) is 7.14. The Bertz CT molecular complexity index is 1150. The number of hydrogen-bond acceptors (Lipinski definition) is 6. The van der Waals surface area contributed by atoms with Crippen LogP contribution in [0.15, 0.2) is 29.3 Å². The first-order valence-corrected chi connectivity index (χ1v) is 12.3. The normalized spacial score (nSPS) is 23.7. The zero-order chi connectivity index (χ0) is 23.5. The van der Waals surface area contributed by atoms with Crippen LogP contribution in [-0.4, -0.2) is 29.2 Å². The Hall–Kier alpha value is -3.40. The lowest BCUT2D eigenvalue weighted by atomic mass is 9.74. The van der Waals surface area contributed by atoms with Gasteiger partial charge in [0.1, 0.15) is 11.4 Å². The number of fused-ring (bicyclic) bond motifs is 1. The summed E-state index contributed by atoms with van der Waals surface area (Å²) in [7, 11) is 1.63. The maximum atomic E-state index is 12.8.